The summed E-state index contributed by atoms with van der Waals surface area (Å²) in [6, 6.07) is -0.848. The average Bonchev–Trinajstić information content (AvgIpc) is 3.32. The number of unbranched alkanes of at least 4 members (excludes halogenated alkanes) is 34. The molecule has 0 spiro atoms. The average molecular weight is 1010 g/mol. The summed E-state index contributed by atoms with van der Waals surface area (Å²) >= 11 is 0. The second-order valence-electron chi connectivity index (χ2n) is 21.5. The van der Waals surface area contributed by atoms with Crippen LogP contribution in [0.4, 0.5) is 0 Å². The lowest BCUT2D eigenvalue weighted by molar-refractivity contribution is -0.870. The number of carbonyl (C=O) groups excluding carboxylic acids is 2. The van der Waals surface area contributed by atoms with Crippen molar-refractivity contribution in [2.75, 3.05) is 40.9 Å². The number of rotatable bonds is 54. The standard InChI is InChI=1S/C60H115N2O7P/c1-7-10-13-16-19-22-25-27-28-29-30-31-32-33-34-35-38-40-43-46-49-52-59(63)61-57(56-68-70(65,66)67-55-54-62(4,5)6)58(51-48-45-42-39-37-26-23-20-17-14-11-8-2)69-60(64)53-50-47-44-41-36-24-21-18-15-12-9-3/h18,21,27-28,48,51,57-58H,7-17,19-20,22-26,29-47,49-50,52-56H2,1-6H3,(H-,61,63,65,66)/p+1/b21-18-,28-27+,51-48-. The zero-order valence-electron chi connectivity index (χ0n) is 47.0. The minimum atomic E-state index is -4.44. The largest absolute Gasteiger partial charge is 0.472 e. The molecule has 70 heavy (non-hydrogen) atoms. The molecule has 412 valence electrons. The zero-order valence-corrected chi connectivity index (χ0v) is 47.9. The van der Waals surface area contributed by atoms with E-state index in [-0.39, 0.29) is 31.5 Å². The van der Waals surface area contributed by atoms with Crippen LogP contribution < -0.4 is 5.32 Å². The highest BCUT2D eigenvalue weighted by atomic mass is 31.2. The molecular weight excluding hydrogens is 892 g/mol. The van der Waals surface area contributed by atoms with E-state index in [2.05, 4.69) is 50.4 Å². The van der Waals surface area contributed by atoms with Gasteiger partial charge in [-0.1, -0.05) is 231 Å². The summed E-state index contributed by atoms with van der Waals surface area (Å²) in [5.41, 5.74) is 0. The molecule has 2 N–H and O–H groups in total. The molecule has 0 radical (unpaired) electrons. The summed E-state index contributed by atoms with van der Waals surface area (Å²) in [7, 11) is 1.50. The van der Waals surface area contributed by atoms with Gasteiger partial charge < -0.3 is 19.4 Å². The van der Waals surface area contributed by atoms with Crippen molar-refractivity contribution in [1.29, 1.82) is 0 Å². The molecule has 0 aromatic heterocycles. The van der Waals surface area contributed by atoms with Crippen molar-refractivity contribution >= 4 is 19.7 Å². The molecule has 0 aromatic carbocycles. The Bertz CT molecular complexity index is 1300. The van der Waals surface area contributed by atoms with Gasteiger partial charge in [-0.15, -0.1) is 0 Å². The van der Waals surface area contributed by atoms with Gasteiger partial charge in [0.25, 0.3) is 0 Å². The number of nitrogens with zero attached hydrogens (tertiary/aromatic N) is 1. The lowest BCUT2D eigenvalue weighted by atomic mass is 10.0. The Labute approximate surface area is 434 Å². The Balaban J connectivity index is 5.18. The van der Waals surface area contributed by atoms with Gasteiger partial charge in [-0.25, -0.2) is 4.57 Å². The van der Waals surface area contributed by atoms with Crippen LogP contribution >= 0.6 is 7.82 Å². The first kappa shape index (κ1) is 68.2. The first-order valence-electron chi connectivity index (χ1n) is 29.8. The van der Waals surface area contributed by atoms with Gasteiger partial charge in [-0.2, -0.15) is 0 Å². The van der Waals surface area contributed by atoms with Crippen LogP contribution in [-0.4, -0.2) is 74.3 Å². The minimum absolute atomic E-state index is 0.0403. The van der Waals surface area contributed by atoms with E-state index in [1.165, 1.54) is 167 Å². The van der Waals surface area contributed by atoms with Crippen LogP contribution in [0.3, 0.4) is 0 Å². The van der Waals surface area contributed by atoms with Gasteiger partial charge in [0.15, 0.2) is 0 Å². The summed E-state index contributed by atoms with van der Waals surface area (Å²) in [5.74, 6) is -0.509. The molecule has 0 bridgehead atoms. The number of ether oxygens (including phenoxy) is 1. The molecule has 0 saturated heterocycles. The van der Waals surface area contributed by atoms with E-state index in [1.807, 2.05) is 33.3 Å². The number of phosphoric ester groups is 1. The van der Waals surface area contributed by atoms with Crippen molar-refractivity contribution in [2.24, 2.45) is 0 Å². The van der Waals surface area contributed by atoms with Gasteiger partial charge >= 0.3 is 13.8 Å². The fourth-order valence-electron chi connectivity index (χ4n) is 8.62. The SMILES string of the molecule is CCCC/C=C\CCCCCCCC(=O)OC(/C=C\CCCCCCCCCCCC)C(COP(=O)(O)OCC[N+](C)(C)C)NC(=O)CCCCCCCCCCCCC/C=C/CCCCCCCC. The van der Waals surface area contributed by atoms with Gasteiger partial charge in [-0.3, -0.25) is 18.6 Å². The van der Waals surface area contributed by atoms with Crippen molar-refractivity contribution in [3.8, 4) is 0 Å². The van der Waals surface area contributed by atoms with E-state index in [1.54, 1.807) is 0 Å². The third kappa shape index (κ3) is 51.1. The summed E-state index contributed by atoms with van der Waals surface area (Å²) in [4.78, 5) is 37.6. The Morgan fingerprint density at radius 1 is 0.486 bits per heavy atom. The summed E-state index contributed by atoms with van der Waals surface area (Å²) in [6.07, 6.45) is 60.0. The fourth-order valence-corrected chi connectivity index (χ4v) is 9.36. The van der Waals surface area contributed by atoms with E-state index in [4.69, 9.17) is 13.8 Å². The van der Waals surface area contributed by atoms with Crippen molar-refractivity contribution < 1.29 is 37.3 Å². The second-order valence-corrected chi connectivity index (χ2v) is 23.0. The third-order valence-corrected chi connectivity index (χ3v) is 14.3. The molecule has 1 amide bonds. The molecule has 0 aliphatic carbocycles. The fraction of sp³-hybridized carbons (Fsp3) is 0.867. The Morgan fingerprint density at radius 3 is 1.26 bits per heavy atom. The molecule has 0 saturated carbocycles. The molecule has 10 heteroatoms. The maximum atomic E-state index is 13.5. The zero-order chi connectivity index (χ0) is 51.5. The van der Waals surface area contributed by atoms with E-state index >= 15 is 0 Å². The van der Waals surface area contributed by atoms with Crippen LogP contribution in [0.2, 0.25) is 0 Å². The van der Waals surface area contributed by atoms with Crippen LogP contribution in [0, 0.1) is 0 Å². The van der Waals surface area contributed by atoms with Gasteiger partial charge in [0.1, 0.15) is 19.3 Å². The quantitative estimate of drug-likeness (QED) is 0.0205. The van der Waals surface area contributed by atoms with E-state index in [0.29, 0.717) is 17.4 Å². The Hall–Kier alpha value is -1.77. The number of allylic oxidation sites excluding steroid dienone is 5. The van der Waals surface area contributed by atoms with Crippen molar-refractivity contribution in [3.63, 3.8) is 0 Å². The molecule has 9 nitrogen and oxygen atoms in total. The first-order valence-corrected chi connectivity index (χ1v) is 31.3. The van der Waals surface area contributed by atoms with Crippen LogP contribution in [0.1, 0.15) is 284 Å². The van der Waals surface area contributed by atoms with Gasteiger partial charge in [0.05, 0.1) is 33.8 Å². The first-order chi connectivity index (χ1) is 33.9. The van der Waals surface area contributed by atoms with E-state index in [9.17, 15) is 19.0 Å². The number of nitrogens with one attached hydrogen (secondary N) is 1. The Morgan fingerprint density at radius 2 is 0.843 bits per heavy atom. The summed E-state index contributed by atoms with van der Waals surface area (Å²) in [5, 5.41) is 3.05. The minimum Gasteiger partial charge on any atom is -0.456 e. The van der Waals surface area contributed by atoms with E-state index < -0.39 is 20.0 Å². The summed E-state index contributed by atoms with van der Waals surface area (Å²) in [6.45, 7) is 6.98. The Kier molecular flexibility index (Phi) is 49.5. The summed E-state index contributed by atoms with van der Waals surface area (Å²) < 4.78 is 30.6. The molecule has 0 aliphatic rings. The smallest absolute Gasteiger partial charge is 0.456 e. The number of carbonyl (C=O) groups is 2. The maximum Gasteiger partial charge on any atom is 0.472 e. The van der Waals surface area contributed by atoms with Gasteiger partial charge in [0.2, 0.25) is 5.91 Å². The topological polar surface area (TPSA) is 111 Å². The molecule has 3 unspecified atom stereocenters. The number of quaternary nitrogens is 1. The van der Waals surface area contributed by atoms with E-state index in [0.717, 1.165) is 83.5 Å². The van der Waals surface area contributed by atoms with Crippen LogP contribution in [-0.2, 0) is 27.9 Å². The molecule has 0 aliphatic heterocycles. The van der Waals surface area contributed by atoms with Crippen LogP contribution in [0.25, 0.3) is 0 Å². The lowest BCUT2D eigenvalue weighted by Crippen LogP contribution is -2.47. The molecule has 0 rings (SSSR count). The predicted molar refractivity (Wildman–Crippen MR) is 300 cm³/mol. The highest BCUT2D eigenvalue weighted by Gasteiger charge is 2.30. The molecule has 3 atom stereocenters. The molecule has 0 aromatic rings. The van der Waals surface area contributed by atoms with Crippen LogP contribution in [0.5, 0.6) is 0 Å². The van der Waals surface area contributed by atoms with Crippen molar-refractivity contribution in [1.82, 2.24) is 5.32 Å². The number of esters is 1. The van der Waals surface area contributed by atoms with Crippen molar-refractivity contribution in [2.45, 2.75) is 296 Å². The number of hydrogen-bond acceptors (Lipinski definition) is 6. The molecular formula is C60H116N2O7P+. The highest BCUT2D eigenvalue weighted by molar-refractivity contribution is 7.47. The number of amides is 1. The maximum absolute atomic E-state index is 13.5. The van der Waals surface area contributed by atoms with Crippen molar-refractivity contribution in [3.05, 3.63) is 36.5 Å². The third-order valence-electron chi connectivity index (χ3n) is 13.3. The lowest BCUT2D eigenvalue weighted by Gasteiger charge is -2.27. The molecule has 0 heterocycles. The normalized spacial score (nSPS) is 14.0. The predicted octanol–water partition coefficient (Wildman–Crippen LogP) is 17.9. The number of hydrogen-bond donors (Lipinski definition) is 2. The number of likely N-dealkylation sites (N-methyl/N-ethyl adjacent to an activating group) is 1. The van der Waals surface area contributed by atoms with Gasteiger partial charge in [0, 0.05) is 12.8 Å². The van der Waals surface area contributed by atoms with Crippen LogP contribution in [0.15, 0.2) is 36.5 Å². The molecule has 0 fully saturated rings. The second kappa shape index (κ2) is 50.7. The van der Waals surface area contributed by atoms with Gasteiger partial charge in [-0.05, 0) is 76.7 Å². The monoisotopic (exact) mass is 1010 g/mol. The number of phosphoric acid groups is 1. The highest BCUT2D eigenvalue weighted by Crippen LogP contribution is 2.43.